The highest BCUT2D eigenvalue weighted by atomic mass is 16.6. The second kappa shape index (κ2) is 6.09. The highest BCUT2D eigenvalue weighted by Crippen LogP contribution is 2.54. The van der Waals surface area contributed by atoms with E-state index < -0.39 is 0 Å². The molecule has 0 aromatic rings. The van der Waals surface area contributed by atoms with Crippen molar-refractivity contribution in [3.05, 3.63) is 11.6 Å². The van der Waals surface area contributed by atoms with Gasteiger partial charge in [-0.05, 0) is 42.4 Å². The number of nitrogens with one attached hydrogen (secondary N) is 1. The topological polar surface area (TPSA) is 30.7 Å². The lowest BCUT2D eigenvalue weighted by atomic mass is 9.59. The molecule has 2 saturated heterocycles. The standard InChI is InChI=1S/C25H39NO2/c1-16-7-6-8-25(5)12-21-18(9-20(16)25)19(22(27)28-21)13-26-15-24(4)11-17(26)10-23(2,3)14-24/h9,16-19,21H,6-8,10-15H2,1-5H3/p+1/t16-,17-,18-,19+,21-,24-,25-/m1/s1. The molecule has 0 radical (unpaired) electrons. The van der Waals surface area contributed by atoms with Gasteiger partial charge in [-0.15, -0.1) is 0 Å². The number of ether oxygens (including phenoxy) is 1. The van der Waals surface area contributed by atoms with Crippen molar-refractivity contribution in [3.8, 4) is 0 Å². The lowest BCUT2D eigenvalue weighted by Crippen LogP contribution is -3.14. The van der Waals surface area contributed by atoms with Crippen LogP contribution in [0.15, 0.2) is 11.6 Å². The van der Waals surface area contributed by atoms with E-state index in [1.54, 1.807) is 10.5 Å². The van der Waals surface area contributed by atoms with Crippen LogP contribution in [0.5, 0.6) is 0 Å². The van der Waals surface area contributed by atoms with Crippen molar-refractivity contribution < 1.29 is 14.4 Å². The molecule has 2 heterocycles. The van der Waals surface area contributed by atoms with Crippen LogP contribution in [0, 0.1) is 34.0 Å². The third kappa shape index (κ3) is 2.99. The van der Waals surface area contributed by atoms with Gasteiger partial charge in [-0.3, -0.25) is 4.79 Å². The Morgan fingerprint density at radius 3 is 2.75 bits per heavy atom. The number of carbonyl (C=O) groups excluding carboxylic acids is 1. The molecule has 5 rings (SSSR count). The zero-order valence-electron chi connectivity index (χ0n) is 18.6. The Hall–Kier alpha value is -0.830. The van der Waals surface area contributed by atoms with E-state index in [9.17, 15) is 4.79 Å². The zero-order valence-corrected chi connectivity index (χ0v) is 18.6. The largest absolute Gasteiger partial charge is 0.461 e. The molecule has 1 N–H and O–H groups in total. The number of hydrogen-bond donors (Lipinski definition) is 1. The predicted octanol–water partition coefficient (Wildman–Crippen LogP) is 3.78. The summed E-state index contributed by atoms with van der Waals surface area (Å²) in [6.07, 6.45) is 11.6. The van der Waals surface area contributed by atoms with E-state index in [1.807, 2.05) is 0 Å². The molecule has 0 spiro atoms. The van der Waals surface area contributed by atoms with E-state index in [0.717, 1.165) is 19.0 Å². The predicted molar refractivity (Wildman–Crippen MR) is 111 cm³/mol. The molecular formula is C25H40NO2+. The van der Waals surface area contributed by atoms with Crippen LogP contribution in [0.25, 0.3) is 0 Å². The smallest absolute Gasteiger partial charge is 0.315 e. The van der Waals surface area contributed by atoms with Gasteiger partial charge in [0.25, 0.3) is 0 Å². The number of quaternary nitrogens is 1. The molecular weight excluding hydrogens is 346 g/mol. The first-order valence-electron chi connectivity index (χ1n) is 11.8. The average Bonchev–Trinajstić information content (AvgIpc) is 2.97. The molecule has 28 heavy (non-hydrogen) atoms. The van der Waals surface area contributed by atoms with Gasteiger partial charge in [0.1, 0.15) is 12.0 Å². The number of hydrogen-bond acceptors (Lipinski definition) is 2. The fourth-order valence-electron chi connectivity index (χ4n) is 8.55. The van der Waals surface area contributed by atoms with Crippen LogP contribution in [-0.2, 0) is 9.53 Å². The second-order valence-electron chi connectivity index (χ2n) is 12.6. The minimum absolute atomic E-state index is 0.0808. The molecule has 0 aromatic heterocycles. The summed E-state index contributed by atoms with van der Waals surface area (Å²) in [7, 11) is 0. The van der Waals surface area contributed by atoms with Crippen LogP contribution in [0.3, 0.4) is 0 Å². The Balaban J connectivity index is 1.39. The van der Waals surface area contributed by atoms with Gasteiger partial charge in [-0.25, -0.2) is 0 Å². The maximum absolute atomic E-state index is 13.0. The Morgan fingerprint density at radius 1 is 1.18 bits per heavy atom. The first kappa shape index (κ1) is 19.2. The molecule has 2 bridgehead atoms. The lowest BCUT2D eigenvalue weighted by Gasteiger charge is -2.46. The summed E-state index contributed by atoms with van der Waals surface area (Å²) in [5.41, 5.74) is 2.82. The van der Waals surface area contributed by atoms with Gasteiger partial charge in [0, 0.05) is 24.2 Å². The molecule has 8 atom stereocenters. The van der Waals surface area contributed by atoms with Gasteiger partial charge in [0.05, 0.1) is 19.1 Å². The Kier molecular flexibility index (Phi) is 4.17. The number of allylic oxidation sites excluding steroid dienone is 1. The molecule has 0 aromatic carbocycles. The van der Waals surface area contributed by atoms with Crippen LogP contribution >= 0.6 is 0 Å². The summed E-state index contributed by atoms with van der Waals surface area (Å²) >= 11 is 0. The van der Waals surface area contributed by atoms with Crippen LogP contribution < -0.4 is 4.90 Å². The number of carbonyl (C=O) groups is 1. The summed E-state index contributed by atoms with van der Waals surface area (Å²) < 4.78 is 6.02. The monoisotopic (exact) mass is 386 g/mol. The molecule has 3 heteroatoms. The van der Waals surface area contributed by atoms with Crippen molar-refractivity contribution >= 4 is 5.97 Å². The summed E-state index contributed by atoms with van der Waals surface area (Å²) in [4.78, 5) is 14.6. The Labute approximate surface area is 171 Å². The Morgan fingerprint density at radius 2 is 1.96 bits per heavy atom. The van der Waals surface area contributed by atoms with Crippen molar-refractivity contribution in [3.63, 3.8) is 0 Å². The molecule has 3 aliphatic carbocycles. The van der Waals surface area contributed by atoms with E-state index in [-0.39, 0.29) is 23.4 Å². The van der Waals surface area contributed by atoms with Crippen LogP contribution in [0.1, 0.15) is 79.6 Å². The summed E-state index contributed by atoms with van der Waals surface area (Å²) in [5, 5.41) is 0. The van der Waals surface area contributed by atoms with Gasteiger partial charge in [0.2, 0.25) is 0 Å². The first-order chi connectivity index (χ1) is 13.1. The van der Waals surface area contributed by atoms with E-state index in [0.29, 0.717) is 22.7 Å². The molecule has 5 aliphatic rings. The summed E-state index contributed by atoms with van der Waals surface area (Å²) in [5.74, 6) is 1.18. The quantitative estimate of drug-likeness (QED) is 0.578. The fraction of sp³-hybridized carbons (Fsp3) is 0.880. The molecule has 3 nitrogen and oxygen atoms in total. The molecule has 2 saturated carbocycles. The van der Waals surface area contributed by atoms with Crippen LogP contribution in [-0.4, -0.2) is 31.2 Å². The molecule has 4 fully saturated rings. The van der Waals surface area contributed by atoms with E-state index in [4.69, 9.17) is 4.74 Å². The van der Waals surface area contributed by atoms with Gasteiger partial charge in [0.15, 0.2) is 0 Å². The second-order valence-corrected chi connectivity index (χ2v) is 12.6. The maximum atomic E-state index is 13.0. The minimum Gasteiger partial charge on any atom is -0.461 e. The van der Waals surface area contributed by atoms with Crippen LogP contribution in [0.2, 0.25) is 0 Å². The fourth-order valence-corrected chi connectivity index (χ4v) is 8.55. The van der Waals surface area contributed by atoms with E-state index >= 15 is 0 Å². The number of fused-ring (bicyclic) bond motifs is 4. The maximum Gasteiger partial charge on any atom is 0.315 e. The Bertz CT molecular complexity index is 711. The molecule has 2 aliphatic heterocycles. The third-order valence-corrected chi connectivity index (χ3v) is 9.24. The number of esters is 1. The molecule has 0 amide bonds. The summed E-state index contributed by atoms with van der Waals surface area (Å²) in [6, 6.07) is 0.732. The number of rotatable bonds is 2. The lowest BCUT2D eigenvalue weighted by molar-refractivity contribution is -0.917. The van der Waals surface area contributed by atoms with Crippen LogP contribution in [0.4, 0.5) is 0 Å². The first-order valence-corrected chi connectivity index (χ1v) is 11.8. The highest BCUT2D eigenvalue weighted by molar-refractivity contribution is 5.76. The van der Waals surface area contributed by atoms with Crippen molar-refractivity contribution in [1.29, 1.82) is 0 Å². The van der Waals surface area contributed by atoms with Gasteiger partial charge < -0.3 is 9.64 Å². The normalized spacial score (nSPS) is 51.9. The van der Waals surface area contributed by atoms with Gasteiger partial charge in [-0.1, -0.05) is 52.7 Å². The highest BCUT2D eigenvalue weighted by Gasteiger charge is 2.57. The summed E-state index contributed by atoms with van der Waals surface area (Å²) in [6.45, 7) is 14.4. The molecule has 1 unspecified atom stereocenters. The van der Waals surface area contributed by atoms with Crippen molar-refractivity contribution in [1.82, 2.24) is 0 Å². The SMILES string of the molecule is C[C@@H]1CCC[C@]2(C)C[C@H]3OC(=O)[C@@H](C[NH+]4C[C@]5(C)C[C@H]4CC(C)(C)C5)[C@H]3C=C12. The van der Waals surface area contributed by atoms with E-state index in [2.05, 4.69) is 40.7 Å². The average molecular weight is 387 g/mol. The number of likely N-dealkylation sites (tertiary alicyclic amines) is 1. The van der Waals surface area contributed by atoms with Gasteiger partial charge in [-0.2, -0.15) is 0 Å². The van der Waals surface area contributed by atoms with Crippen molar-refractivity contribution in [2.45, 2.75) is 91.7 Å². The minimum atomic E-state index is 0.0808. The van der Waals surface area contributed by atoms with E-state index in [1.165, 1.54) is 45.1 Å². The van der Waals surface area contributed by atoms with Crippen molar-refractivity contribution in [2.75, 3.05) is 13.1 Å². The third-order valence-electron chi connectivity index (χ3n) is 9.24. The van der Waals surface area contributed by atoms with Gasteiger partial charge >= 0.3 is 5.97 Å². The zero-order chi connectivity index (χ0) is 19.9. The van der Waals surface area contributed by atoms with Crippen molar-refractivity contribution in [2.24, 2.45) is 34.0 Å². The molecule has 156 valence electrons.